The van der Waals surface area contributed by atoms with Crippen LogP contribution in [0.1, 0.15) is 69.2 Å². The Hall–Kier alpha value is -3.76. The zero-order valence-electron chi connectivity index (χ0n) is 23.1. The Morgan fingerprint density at radius 3 is 2.65 bits per heavy atom. The summed E-state index contributed by atoms with van der Waals surface area (Å²) in [7, 11) is -1.87. The van der Waals surface area contributed by atoms with E-state index in [1.807, 2.05) is 62.0 Å². The first-order valence-electron chi connectivity index (χ1n) is 13.5. The van der Waals surface area contributed by atoms with Gasteiger partial charge in [0.15, 0.2) is 0 Å². The van der Waals surface area contributed by atoms with E-state index >= 15 is 0 Å². The molecule has 10 heteroatoms. The molecule has 1 aliphatic carbocycles. The molecule has 0 saturated heterocycles. The van der Waals surface area contributed by atoms with Crippen LogP contribution in [0.25, 0.3) is 5.69 Å². The Balaban J connectivity index is 1.37. The second kappa shape index (κ2) is 9.71. The first kappa shape index (κ1) is 26.5. The fraction of sp³-hybridized carbons (Fsp3) is 0.367. The molecule has 3 atom stereocenters. The Labute approximate surface area is 234 Å². The van der Waals surface area contributed by atoms with Crippen molar-refractivity contribution in [1.29, 1.82) is 0 Å². The molecule has 0 unspecified atom stereocenters. The van der Waals surface area contributed by atoms with Crippen molar-refractivity contribution in [3.05, 3.63) is 94.1 Å². The largest absolute Gasteiger partial charge is 0.478 e. The van der Waals surface area contributed by atoms with Crippen molar-refractivity contribution in [3.8, 4) is 5.69 Å². The number of benzene rings is 2. The number of aromatic nitrogens is 4. The highest BCUT2D eigenvalue weighted by Gasteiger charge is 2.45. The van der Waals surface area contributed by atoms with Gasteiger partial charge in [-0.05, 0) is 73.1 Å². The lowest BCUT2D eigenvalue weighted by atomic mass is 10.00. The predicted octanol–water partition coefficient (Wildman–Crippen LogP) is 4.58. The molecule has 40 heavy (non-hydrogen) atoms. The summed E-state index contributed by atoms with van der Waals surface area (Å²) < 4.78 is 32.9. The molecule has 208 valence electrons. The van der Waals surface area contributed by atoms with Gasteiger partial charge in [0.1, 0.15) is 0 Å². The van der Waals surface area contributed by atoms with E-state index in [0.29, 0.717) is 17.9 Å². The maximum atomic E-state index is 13.8. The van der Waals surface area contributed by atoms with Crippen LogP contribution in [0.15, 0.2) is 59.8 Å². The number of aryl methyl sites for hydroxylation is 2. The zero-order chi connectivity index (χ0) is 28.3. The summed E-state index contributed by atoms with van der Waals surface area (Å²) >= 11 is 0. The van der Waals surface area contributed by atoms with Crippen LogP contribution in [-0.2, 0) is 30.0 Å². The normalized spacial score (nSPS) is 22.1. The Kier molecular flexibility index (Phi) is 6.42. The van der Waals surface area contributed by atoms with Crippen molar-refractivity contribution in [1.82, 2.24) is 23.9 Å². The number of hydrogen-bond acceptors (Lipinski definition) is 5. The average molecular weight is 560 g/mol. The highest BCUT2D eigenvalue weighted by Crippen LogP contribution is 2.55. The number of carboxylic acid groups (broad SMARTS) is 1. The number of carbonyl (C=O) groups is 1. The van der Waals surface area contributed by atoms with E-state index in [2.05, 4.69) is 17.2 Å². The Bertz CT molecular complexity index is 1740. The van der Waals surface area contributed by atoms with Crippen LogP contribution in [0.5, 0.6) is 0 Å². The molecule has 0 radical (unpaired) electrons. The van der Waals surface area contributed by atoms with Crippen molar-refractivity contribution in [2.45, 2.75) is 56.9 Å². The van der Waals surface area contributed by atoms with Gasteiger partial charge in [-0.25, -0.2) is 13.2 Å². The monoisotopic (exact) mass is 559 g/mol. The highest BCUT2D eigenvalue weighted by molar-refractivity contribution is 7.89. The molecule has 3 heterocycles. The van der Waals surface area contributed by atoms with Crippen LogP contribution in [-0.4, -0.2) is 49.9 Å². The molecule has 2 aromatic heterocycles. The SMILES string of the molecule is Cc1ccc2c(c1)S(=O)(=O)N(Cc1cccc(-n3ccc(C(=O)O)c3[C@@H]3C[C@H]3c3cn(C)nn3)c1C)C[C@@H](C)C2. The van der Waals surface area contributed by atoms with Crippen LogP contribution < -0.4 is 0 Å². The zero-order valence-corrected chi connectivity index (χ0v) is 23.9. The molecule has 6 rings (SSSR count). The number of nitrogens with zero attached hydrogens (tertiary/aromatic N) is 5. The fourth-order valence-electron chi connectivity index (χ4n) is 6.11. The van der Waals surface area contributed by atoms with Gasteiger partial charge in [-0.1, -0.05) is 36.4 Å². The lowest BCUT2D eigenvalue weighted by Crippen LogP contribution is -2.33. The van der Waals surface area contributed by atoms with Gasteiger partial charge >= 0.3 is 5.97 Å². The summed E-state index contributed by atoms with van der Waals surface area (Å²) in [4.78, 5) is 12.6. The maximum absolute atomic E-state index is 13.8. The summed E-state index contributed by atoms with van der Waals surface area (Å²) in [5.74, 6) is -0.682. The molecule has 1 fully saturated rings. The second-order valence-electron chi connectivity index (χ2n) is 11.3. The summed E-state index contributed by atoms with van der Waals surface area (Å²) in [5.41, 5.74) is 6.32. The lowest BCUT2D eigenvalue weighted by Gasteiger charge is -2.24. The van der Waals surface area contributed by atoms with Crippen LogP contribution in [0.2, 0.25) is 0 Å². The van der Waals surface area contributed by atoms with E-state index in [-0.39, 0.29) is 29.9 Å². The van der Waals surface area contributed by atoms with Gasteiger partial charge in [0.05, 0.1) is 16.2 Å². The van der Waals surface area contributed by atoms with E-state index < -0.39 is 16.0 Å². The topological polar surface area (TPSA) is 110 Å². The van der Waals surface area contributed by atoms with Crippen molar-refractivity contribution in [2.75, 3.05) is 6.54 Å². The number of rotatable bonds is 6. The number of fused-ring (bicyclic) bond motifs is 1. The maximum Gasteiger partial charge on any atom is 0.337 e. The third-order valence-electron chi connectivity index (χ3n) is 8.25. The van der Waals surface area contributed by atoms with E-state index in [9.17, 15) is 18.3 Å². The molecule has 0 amide bonds. The molecule has 2 aromatic carbocycles. The Morgan fingerprint density at radius 1 is 1.12 bits per heavy atom. The van der Waals surface area contributed by atoms with Gasteiger partial charge in [0.2, 0.25) is 10.0 Å². The van der Waals surface area contributed by atoms with Gasteiger partial charge in [-0.2, -0.15) is 4.31 Å². The van der Waals surface area contributed by atoms with Crippen molar-refractivity contribution >= 4 is 16.0 Å². The van der Waals surface area contributed by atoms with Gasteiger partial charge in [-0.15, -0.1) is 5.10 Å². The summed E-state index contributed by atoms with van der Waals surface area (Å²) in [6, 6.07) is 13.2. The minimum atomic E-state index is -3.69. The van der Waals surface area contributed by atoms with Crippen LogP contribution in [0.3, 0.4) is 0 Å². The summed E-state index contributed by atoms with van der Waals surface area (Å²) in [6.07, 6.45) is 5.20. The second-order valence-corrected chi connectivity index (χ2v) is 13.2. The molecule has 0 bridgehead atoms. The first-order valence-corrected chi connectivity index (χ1v) is 15.0. The first-order chi connectivity index (χ1) is 19.0. The van der Waals surface area contributed by atoms with Gasteiger partial charge < -0.3 is 9.67 Å². The number of sulfonamides is 1. The summed E-state index contributed by atoms with van der Waals surface area (Å²) in [6.45, 7) is 6.65. The molecule has 1 N–H and O–H groups in total. The molecule has 9 nitrogen and oxygen atoms in total. The van der Waals surface area contributed by atoms with Crippen LogP contribution in [0, 0.1) is 19.8 Å². The van der Waals surface area contributed by atoms with Gasteiger partial charge in [0.25, 0.3) is 0 Å². The van der Waals surface area contributed by atoms with Gasteiger partial charge in [0, 0.05) is 55.7 Å². The molecule has 1 aliphatic heterocycles. The number of hydrogen-bond donors (Lipinski definition) is 1. The molecule has 4 aromatic rings. The van der Waals surface area contributed by atoms with Crippen molar-refractivity contribution in [3.63, 3.8) is 0 Å². The molecular weight excluding hydrogens is 526 g/mol. The van der Waals surface area contributed by atoms with Crippen molar-refractivity contribution in [2.24, 2.45) is 13.0 Å². The van der Waals surface area contributed by atoms with Crippen molar-refractivity contribution < 1.29 is 18.3 Å². The van der Waals surface area contributed by atoms with E-state index in [1.165, 1.54) is 0 Å². The van der Waals surface area contributed by atoms with E-state index in [4.69, 9.17) is 0 Å². The van der Waals surface area contributed by atoms with E-state index in [0.717, 1.165) is 45.7 Å². The third kappa shape index (κ3) is 4.54. The number of carboxylic acids is 1. The lowest BCUT2D eigenvalue weighted by molar-refractivity contribution is 0.0695. The van der Waals surface area contributed by atoms with Crippen LogP contribution in [0.4, 0.5) is 0 Å². The minimum absolute atomic E-state index is 0.00688. The van der Waals surface area contributed by atoms with Crippen LogP contribution >= 0.6 is 0 Å². The fourth-order valence-corrected chi connectivity index (χ4v) is 7.97. The number of aromatic carboxylic acids is 1. The molecule has 2 aliphatic rings. The standard InChI is InChI=1S/C30H33N5O4S/c1-18-8-9-21-12-19(2)15-34(40(38,39)28(21)13-18)16-22-6-5-7-27(20(22)3)35-11-10-23(30(36)37)29(35)25-14-24(25)26-17-33(4)32-31-26/h5-11,13,17,19,24-25H,12,14-16H2,1-4H3,(H,36,37)/t19-,24+,25+/m0/s1. The predicted molar refractivity (Wildman–Crippen MR) is 150 cm³/mol. The smallest absolute Gasteiger partial charge is 0.337 e. The third-order valence-corrected chi connectivity index (χ3v) is 10.1. The highest BCUT2D eigenvalue weighted by atomic mass is 32.2. The molecule has 1 saturated carbocycles. The molecular formula is C30H33N5O4S. The Morgan fingerprint density at radius 2 is 1.93 bits per heavy atom. The minimum Gasteiger partial charge on any atom is -0.478 e. The van der Waals surface area contributed by atoms with Gasteiger partial charge in [-0.3, -0.25) is 4.68 Å². The molecule has 0 spiro atoms. The quantitative estimate of drug-likeness (QED) is 0.370. The average Bonchev–Trinajstić information content (AvgIpc) is 3.38. The summed E-state index contributed by atoms with van der Waals surface area (Å²) in [5, 5.41) is 18.3. The van der Waals surface area contributed by atoms with E-state index in [1.54, 1.807) is 27.3 Å².